The van der Waals surface area contributed by atoms with Crippen LogP contribution in [-0.2, 0) is 26.5 Å². The van der Waals surface area contributed by atoms with E-state index in [4.69, 9.17) is 4.42 Å². The third-order valence-electron chi connectivity index (χ3n) is 9.05. The van der Waals surface area contributed by atoms with Crippen LogP contribution in [0.15, 0.2) is 114 Å². The molecule has 7 aromatic rings. The number of nitrogens with zero attached hydrogens (tertiary/aromatic N) is 2. The van der Waals surface area contributed by atoms with Crippen molar-refractivity contribution in [2.45, 2.75) is 71.1 Å². The number of aryl methyl sites for hydroxylation is 1. The van der Waals surface area contributed by atoms with Crippen LogP contribution in [0.5, 0.6) is 0 Å². The second-order valence-corrected chi connectivity index (χ2v) is 26.6. The molecule has 5 heteroatoms. The Bertz CT molecular complexity index is 2220. The second kappa shape index (κ2) is 15.8. The van der Waals surface area contributed by atoms with Crippen molar-refractivity contribution in [1.82, 2.24) is 9.97 Å². The zero-order valence-electron chi connectivity index (χ0n) is 31.3. The molecule has 0 aliphatic carbocycles. The molecule has 0 saturated carbocycles. The van der Waals surface area contributed by atoms with Crippen molar-refractivity contribution in [3.05, 3.63) is 138 Å². The number of hydrogen-bond donors (Lipinski definition) is 0. The summed E-state index contributed by atoms with van der Waals surface area (Å²) >= 11 is -1.74. The molecule has 3 heterocycles. The van der Waals surface area contributed by atoms with Gasteiger partial charge in [-0.3, -0.25) is 0 Å². The molecular formula is C46H48GeIrN2O-2. The van der Waals surface area contributed by atoms with Crippen LogP contribution in [0.2, 0.25) is 17.3 Å². The summed E-state index contributed by atoms with van der Waals surface area (Å²) in [5.74, 6) is 7.72. The average Bonchev–Trinajstić information content (AvgIpc) is 3.47. The Morgan fingerprint density at radius 1 is 0.784 bits per heavy atom. The molecule has 0 spiro atoms. The van der Waals surface area contributed by atoms with Crippen LogP contribution in [0, 0.1) is 24.5 Å². The van der Waals surface area contributed by atoms with Gasteiger partial charge in [-0.15, -0.1) is 18.2 Å². The van der Waals surface area contributed by atoms with E-state index < -0.39 is 13.3 Å². The van der Waals surface area contributed by atoms with Crippen molar-refractivity contribution in [3.8, 4) is 33.6 Å². The Labute approximate surface area is 320 Å². The number of hydrogen-bond acceptors (Lipinski definition) is 3. The summed E-state index contributed by atoms with van der Waals surface area (Å²) in [7, 11) is 0. The van der Waals surface area contributed by atoms with E-state index >= 15 is 0 Å². The van der Waals surface area contributed by atoms with Crippen molar-refractivity contribution in [2.24, 2.45) is 5.41 Å². The SMILES string of the molecule is CC(C)c1c[c-]c(-c2cc[c]([Ge]([CH3])([CH3])[CH3])cn2)cc1.Cc1ccc(-c2cccc3c2oc2c(-c4cc(CC(C)(C)C)ccn4)[c-]ccc23)cc1.[Ir]. The van der Waals surface area contributed by atoms with Gasteiger partial charge in [0.2, 0.25) is 0 Å². The first-order valence-corrected chi connectivity index (χ1v) is 25.0. The molecule has 7 rings (SSSR count). The third kappa shape index (κ3) is 9.16. The van der Waals surface area contributed by atoms with E-state index in [-0.39, 0.29) is 25.5 Å². The minimum absolute atomic E-state index is 0. The van der Waals surface area contributed by atoms with Gasteiger partial charge in [-0.05, 0) is 36.1 Å². The summed E-state index contributed by atoms with van der Waals surface area (Å²) in [5.41, 5.74) is 12.0. The molecule has 0 aliphatic rings. The Kier molecular flexibility index (Phi) is 11.9. The van der Waals surface area contributed by atoms with Crippen LogP contribution in [-0.4, -0.2) is 23.2 Å². The van der Waals surface area contributed by atoms with Gasteiger partial charge in [0.15, 0.2) is 0 Å². The first-order valence-electron chi connectivity index (χ1n) is 17.6. The molecule has 1 radical (unpaired) electrons. The molecule has 0 saturated heterocycles. The quantitative estimate of drug-likeness (QED) is 0.123. The zero-order chi connectivity index (χ0) is 35.6. The van der Waals surface area contributed by atoms with Gasteiger partial charge in [0, 0.05) is 37.3 Å². The summed E-state index contributed by atoms with van der Waals surface area (Å²) in [6, 6.07) is 40.8. The largest absolute Gasteiger partial charge is 0.500 e. The summed E-state index contributed by atoms with van der Waals surface area (Å²) in [6.07, 6.45) is 4.94. The maximum Gasteiger partial charge on any atom is 0.128 e. The predicted octanol–water partition coefficient (Wildman–Crippen LogP) is 12.2. The monoisotopic (exact) mass is 911 g/mol. The van der Waals surface area contributed by atoms with Gasteiger partial charge in [0.25, 0.3) is 0 Å². The smallest absolute Gasteiger partial charge is 0.128 e. The minimum atomic E-state index is -1.74. The van der Waals surface area contributed by atoms with Gasteiger partial charge in [0.05, 0.1) is 5.58 Å². The first kappa shape index (κ1) is 38.4. The number of aromatic nitrogens is 2. The summed E-state index contributed by atoms with van der Waals surface area (Å²) in [6.45, 7) is 13.3. The van der Waals surface area contributed by atoms with Crippen LogP contribution in [0.3, 0.4) is 0 Å². The molecule has 0 N–H and O–H groups in total. The van der Waals surface area contributed by atoms with Crippen molar-refractivity contribution >= 4 is 39.6 Å². The Morgan fingerprint density at radius 2 is 1.53 bits per heavy atom. The normalized spacial score (nSPS) is 11.7. The van der Waals surface area contributed by atoms with Gasteiger partial charge in [0.1, 0.15) is 5.58 Å². The molecule has 3 nitrogen and oxygen atoms in total. The molecule has 263 valence electrons. The molecule has 0 fully saturated rings. The maximum absolute atomic E-state index is 6.52. The predicted molar refractivity (Wildman–Crippen MR) is 215 cm³/mol. The molecule has 51 heavy (non-hydrogen) atoms. The standard InChI is InChI=1S/C29H26NO.C17H22GeN.Ir/c1-19-11-13-21(14-12-19)22-7-5-8-23-24-9-6-10-25(28(24)31-27(22)23)26-17-20(15-16-30-26)18-29(2,3)4;1-13(2)14-6-8-15(9-7-14)17-11-10-16(12-19-17)18(3,4)5;/h5-9,11-17H,18H2,1-4H3;6-8,10-13H,1-5H3;/q2*-1;. The molecule has 0 atom stereocenters. The van der Waals surface area contributed by atoms with Crippen LogP contribution in [0.4, 0.5) is 0 Å². The van der Waals surface area contributed by atoms with Crippen molar-refractivity contribution in [2.75, 3.05) is 0 Å². The van der Waals surface area contributed by atoms with Crippen LogP contribution < -0.4 is 4.40 Å². The number of benzene rings is 4. The average molecular weight is 910 g/mol. The van der Waals surface area contributed by atoms with E-state index in [9.17, 15) is 0 Å². The number of fused-ring (bicyclic) bond motifs is 3. The van der Waals surface area contributed by atoms with E-state index in [1.807, 2.05) is 12.3 Å². The first-order chi connectivity index (χ1) is 23.8. The number of rotatable bonds is 6. The van der Waals surface area contributed by atoms with Gasteiger partial charge >= 0.3 is 119 Å². The molecular weight excluding hydrogens is 861 g/mol. The van der Waals surface area contributed by atoms with E-state index in [0.29, 0.717) is 5.92 Å². The minimum Gasteiger partial charge on any atom is -0.500 e. The van der Waals surface area contributed by atoms with E-state index in [2.05, 4.69) is 178 Å². The van der Waals surface area contributed by atoms with E-state index in [0.717, 1.165) is 62.0 Å². The van der Waals surface area contributed by atoms with E-state index in [1.165, 1.54) is 21.1 Å². The number of furan rings is 1. The fraction of sp³-hybridized carbons (Fsp3) is 0.261. The fourth-order valence-electron chi connectivity index (χ4n) is 6.20. The fourth-order valence-corrected chi connectivity index (χ4v) is 8.37. The number of pyridine rings is 2. The van der Waals surface area contributed by atoms with Crippen molar-refractivity contribution in [3.63, 3.8) is 0 Å². The van der Waals surface area contributed by atoms with Crippen molar-refractivity contribution < 1.29 is 24.5 Å². The third-order valence-corrected chi connectivity index (χ3v) is 13.3. The Morgan fingerprint density at radius 3 is 2.16 bits per heavy atom. The van der Waals surface area contributed by atoms with Gasteiger partial charge in [-0.2, -0.15) is 0 Å². The molecule has 0 bridgehead atoms. The zero-order valence-corrected chi connectivity index (χ0v) is 35.8. The number of para-hydroxylation sites is 1. The van der Waals surface area contributed by atoms with Crippen LogP contribution in [0.25, 0.3) is 55.6 Å². The second-order valence-electron chi connectivity index (χ2n) is 15.9. The molecule has 3 aromatic heterocycles. The molecule has 0 aliphatic heterocycles. The van der Waals surface area contributed by atoms with Crippen LogP contribution in [0.1, 0.15) is 57.2 Å². The van der Waals surface area contributed by atoms with Crippen LogP contribution >= 0.6 is 0 Å². The maximum atomic E-state index is 6.52. The summed E-state index contributed by atoms with van der Waals surface area (Å²) < 4.78 is 7.97. The van der Waals surface area contributed by atoms with E-state index in [1.54, 1.807) is 0 Å². The summed E-state index contributed by atoms with van der Waals surface area (Å²) in [5, 5.41) is 2.22. The molecule has 0 amide bonds. The van der Waals surface area contributed by atoms with Gasteiger partial charge in [-0.25, -0.2) is 0 Å². The molecule has 0 unspecified atom stereocenters. The van der Waals surface area contributed by atoms with Gasteiger partial charge < -0.3 is 9.40 Å². The van der Waals surface area contributed by atoms with Crippen molar-refractivity contribution in [1.29, 1.82) is 0 Å². The Hall–Kier alpha value is -3.83. The Balaban J connectivity index is 0.000000218. The topological polar surface area (TPSA) is 38.9 Å². The van der Waals surface area contributed by atoms with Gasteiger partial charge in [-0.1, -0.05) is 91.4 Å². The molecule has 4 aromatic carbocycles. The summed E-state index contributed by atoms with van der Waals surface area (Å²) in [4.78, 5) is 9.26.